The number of nitrogens with one attached hydrogen (secondary N) is 1. The molecule has 11 heteroatoms. The van der Waals surface area contributed by atoms with E-state index in [-0.39, 0.29) is 18.1 Å². The number of likely N-dealkylation sites (N-methyl/N-ethyl adjacent to an activating group) is 1. The minimum atomic E-state index is -0.457. The monoisotopic (exact) mass is 472 g/mol. The zero-order chi connectivity index (χ0) is 24.0. The van der Waals surface area contributed by atoms with Gasteiger partial charge in [-0.3, -0.25) is 19.8 Å². The van der Waals surface area contributed by atoms with Crippen LogP contribution in [0.5, 0.6) is 17.2 Å². The number of amides is 1. The fraction of sp³-hybridized carbons (Fsp3) is 0.273. The van der Waals surface area contributed by atoms with Gasteiger partial charge in [-0.05, 0) is 13.1 Å². The Kier molecular flexibility index (Phi) is 7.80. The molecule has 0 fully saturated rings. The number of non-ortho nitro benzene ring substituents is 1. The van der Waals surface area contributed by atoms with Gasteiger partial charge in [0.1, 0.15) is 0 Å². The van der Waals surface area contributed by atoms with Gasteiger partial charge in [0.15, 0.2) is 16.6 Å². The Bertz CT molecular complexity index is 1150. The first-order chi connectivity index (χ1) is 15.9. The maximum atomic E-state index is 12.5. The summed E-state index contributed by atoms with van der Waals surface area (Å²) in [5.74, 6) is 1.36. The number of rotatable bonds is 10. The minimum absolute atomic E-state index is 0.0155. The molecule has 0 saturated carbocycles. The molecule has 3 aromatic rings. The number of thiazole rings is 1. The van der Waals surface area contributed by atoms with E-state index in [4.69, 9.17) is 14.2 Å². The van der Waals surface area contributed by atoms with Crippen LogP contribution in [0, 0.1) is 10.1 Å². The SMILES string of the molecule is COc1ccc(CN(C)CC(=O)Nc2nc(-c3cccc([N+](=O)[O-])c3)cs2)c(OC)c1OC. The summed E-state index contributed by atoms with van der Waals surface area (Å²) in [6.07, 6.45) is 0. The third-order valence-electron chi connectivity index (χ3n) is 4.74. The zero-order valence-electron chi connectivity index (χ0n) is 18.7. The van der Waals surface area contributed by atoms with Gasteiger partial charge in [0.05, 0.1) is 38.5 Å². The molecule has 0 bridgehead atoms. The van der Waals surface area contributed by atoms with Crippen LogP contribution in [-0.2, 0) is 11.3 Å². The second-order valence-corrected chi connectivity index (χ2v) is 7.92. The summed E-state index contributed by atoms with van der Waals surface area (Å²) < 4.78 is 16.2. The van der Waals surface area contributed by atoms with E-state index in [2.05, 4.69) is 10.3 Å². The molecule has 1 heterocycles. The standard InChI is InChI=1S/C22H24N4O6S/c1-25(11-15-8-9-18(30-2)21(32-4)20(15)31-3)12-19(27)24-22-23-17(13-33-22)14-6-5-7-16(10-14)26(28)29/h5-10,13H,11-12H2,1-4H3,(H,23,24,27). The lowest BCUT2D eigenvalue weighted by molar-refractivity contribution is -0.384. The van der Waals surface area contributed by atoms with Gasteiger partial charge in [-0.25, -0.2) is 4.98 Å². The molecule has 0 unspecified atom stereocenters. The number of aromatic nitrogens is 1. The number of nitro benzene ring substituents is 1. The van der Waals surface area contributed by atoms with Gasteiger partial charge in [-0.15, -0.1) is 11.3 Å². The molecule has 3 rings (SSSR count). The van der Waals surface area contributed by atoms with Crippen LogP contribution in [0.4, 0.5) is 10.8 Å². The first kappa shape index (κ1) is 24.0. The normalized spacial score (nSPS) is 10.7. The molecule has 0 aliphatic heterocycles. The number of carbonyl (C=O) groups is 1. The van der Waals surface area contributed by atoms with Gasteiger partial charge in [0, 0.05) is 35.2 Å². The van der Waals surface area contributed by atoms with Crippen molar-refractivity contribution in [1.82, 2.24) is 9.88 Å². The van der Waals surface area contributed by atoms with Crippen molar-refractivity contribution < 1.29 is 23.9 Å². The smallest absolute Gasteiger partial charge is 0.270 e. The summed E-state index contributed by atoms with van der Waals surface area (Å²) >= 11 is 1.25. The van der Waals surface area contributed by atoms with E-state index in [0.29, 0.717) is 40.2 Å². The topological polar surface area (TPSA) is 116 Å². The first-order valence-electron chi connectivity index (χ1n) is 9.82. The molecule has 0 atom stereocenters. The Hall–Kier alpha value is -3.70. The number of hydrogen-bond donors (Lipinski definition) is 1. The van der Waals surface area contributed by atoms with Gasteiger partial charge in [0.25, 0.3) is 5.69 Å². The molecule has 0 aliphatic rings. The summed E-state index contributed by atoms with van der Waals surface area (Å²) in [7, 11) is 6.45. The Morgan fingerprint density at radius 2 is 1.91 bits per heavy atom. The first-order valence-corrected chi connectivity index (χ1v) is 10.7. The van der Waals surface area contributed by atoms with Crippen molar-refractivity contribution in [2.24, 2.45) is 0 Å². The summed E-state index contributed by atoms with van der Waals surface area (Å²) in [4.78, 5) is 29.3. The number of methoxy groups -OCH3 is 3. The number of nitrogens with zero attached hydrogens (tertiary/aromatic N) is 3. The molecule has 33 heavy (non-hydrogen) atoms. The van der Waals surface area contributed by atoms with Crippen molar-refractivity contribution in [2.75, 3.05) is 40.2 Å². The highest BCUT2D eigenvalue weighted by atomic mass is 32.1. The van der Waals surface area contributed by atoms with Crippen molar-refractivity contribution in [2.45, 2.75) is 6.54 Å². The van der Waals surface area contributed by atoms with Gasteiger partial charge < -0.3 is 19.5 Å². The predicted octanol–water partition coefficient (Wildman–Crippen LogP) is 3.81. The molecule has 1 N–H and O–H groups in total. The lowest BCUT2D eigenvalue weighted by Crippen LogP contribution is -2.30. The third-order valence-corrected chi connectivity index (χ3v) is 5.50. The molecular formula is C22H24N4O6S. The van der Waals surface area contributed by atoms with Crippen molar-refractivity contribution in [3.05, 3.63) is 57.5 Å². The molecular weight excluding hydrogens is 448 g/mol. The quantitative estimate of drug-likeness (QED) is 0.350. The number of hydrogen-bond acceptors (Lipinski definition) is 9. The van der Waals surface area contributed by atoms with Crippen LogP contribution in [-0.4, -0.2) is 55.6 Å². The van der Waals surface area contributed by atoms with E-state index >= 15 is 0 Å². The van der Waals surface area contributed by atoms with Crippen LogP contribution in [0.1, 0.15) is 5.56 Å². The van der Waals surface area contributed by atoms with E-state index in [0.717, 1.165) is 5.56 Å². The molecule has 10 nitrogen and oxygen atoms in total. The zero-order valence-corrected chi connectivity index (χ0v) is 19.5. The molecule has 0 saturated heterocycles. The van der Waals surface area contributed by atoms with Crippen LogP contribution in [0.25, 0.3) is 11.3 Å². The Labute approximate surface area is 194 Å². The maximum absolute atomic E-state index is 12.5. The third kappa shape index (κ3) is 5.76. The Morgan fingerprint density at radius 1 is 1.15 bits per heavy atom. The van der Waals surface area contributed by atoms with Crippen molar-refractivity contribution >= 4 is 28.1 Å². The minimum Gasteiger partial charge on any atom is -0.493 e. The van der Waals surface area contributed by atoms with Crippen molar-refractivity contribution in [3.8, 4) is 28.5 Å². The van der Waals surface area contributed by atoms with E-state index in [9.17, 15) is 14.9 Å². The highest BCUT2D eigenvalue weighted by molar-refractivity contribution is 7.14. The van der Waals surface area contributed by atoms with Gasteiger partial charge in [-0.2, -0.15) is 0 Å². The second-order valence-electron chi connectivity index (χ2n) is 7.06. The van der Waals surface area contributed by atoms with Crippen molar-refractivity contribution in [1.29, 1.82) is 0 Å². The lowest BCUT2D eigenvalue weighted by Gasteiger charge is -2.20. The van der Waals surface area contributed by atoms with Gasteiger partial charge in [0.2, 0.25) is 11.7 Å². The fourth-order valence-electron chi connectivity index (χ4n) is 3.28. The molecule has 2 aromatic carbocycles. The summed E-state index contributed by atoms with van der Waals surface area (Å²) in [6.45, 7) is 0.553. The van der Waals surface area contributed by atoms with Crippen molar-refractivity contribution in [3.63, 3.8) is 0 Å². The molecule has 0 radical (unpaired) electrons. The van der Waals surface area contributed by atoms with Gasteiger partial charge >= 0.3 is 0 Å². The summed E-state index contributed by atoms with van der Waals surface area (Å²) in [5.41, 5.74) is 1.99. The van der Waals surface area contributed by atoms with Gasteiger partial charge in [-0.1, -0.05) is 18.2 Å². The molecule has 1 amide bonds. The second kappa shape index (κ2) is 10.7. The average Bonchev–Trinajstić information content (AvgIpc) is 3.26. The van der Waals surface area contributed by atoms with Crippen LogP contribution < -0.4 is 19.5 Å². The Balaban J connectivity index is 1.64. The highest BCUT2D eigenvalue weighted by Crippen LogP contribution is 2.40. The van der Waals surface area contributed by atoms with Crippen LogP contribution >= 0.6 is 11.3 Å². The molecule has 0 aliphatic carbocycles. The number of carbonyl (C=O) groups excluding carboxylic acids is 1. The largest absolute Gasteiger partial charge is 0.493 e. The van der Waals surface area contributed by atoms with E-state index < -0.39 is 4.92 Å². The van der Waals surface area contributed by atoms with E-state index in [1.165, 1.54) is 30.6 Å². The molecule has 174 valence electrons. The maximum Gasteiger partial charge on any atom is 0.270 e. The number of anilines is 1. The fourth-order valence-corrected chi connectivity index (χ4v) is 4.02. The predicted molar refractivity (Wildman–Crippen MR) is 125 cm³/mol. The van der Waals surface area contributed by atoms with Crippen LogP contribution in [0.15, 0.2) is 41.8 Å². The average molecular weight is 473 g/mol. The molecule has 0 spiro atoms. The number of nitro groups is 1. The highest BCUT2D eigenvalue weighted by Gasteiger charge is 2.18. The Morgan fingerprint density at radius 3 is 2.58 bits per heavy atom. The molecule has 1 aromatic heterocycles. The summed E-state index contributed by atoms with van der Waals surface area (Å²) in [5, 5.41) is 15.9. The number of benzene rings is 2. The van der Waals surface area contributed by atoms with Crippen LogP contribution in [0.2, 0.25) is 0 Å². The summed E-state index contributed by atoms with van der Waals surface area (Å²) in [6, 6.07) is 9.85. The lowest BCUT2D eigenvalue weighted by atomic mass is 10.1. The number of ether oxygens (including phenoxy) is 3. The van der Waals surface area contributed by atoms with E-state index in [1.54, 1.807) is 37.8 Å². The van der Waals surface area contributed by atoms with E-state index in [1.807, 2.05) is 18.0 Å². The van der Waals surface area contributed by atoms with Crippen LogP contribution in [0.3, 0.4) is 0 Å².